The number of hydrogen-bond acceptors (Lipinski definition) is 1. The van der Waals surface area contributed by atoms with Gasteiger partial charge in [-0.05, 0) is 24.6 Å². The summed E-state index contributed by atoms with van der Waals surface area (Å²) in [5.41, 5.74) is 0.698. The van der Waals surface area contributed by atoms with Crippen molar-refractivity contribution in [2.24, 2.45) is 0 Å². The van der Waals surface area contributed by atoms with E-state index in [1.54, 1.807) is 6.07 Å². The summed E-state index contributed by atoms with van der Waals surface area (Å²) in [4.78, 5) is 3.88. The van der Waals surface area contributed by atoms with E-state index in [2.05, 4.69) is 11.6 Å². The largest absolute Gasteiger partial charge is 0.292 e. The van der Waals surface area contributed by atoms with Crippen LogP contribution in [0.3, 0.4) is 0 Å². The molecule has 13 heavy (non-hydrogen) atoms. The summed E-state index contributed by atoms with van der Waals surface area (Å²) in [5.74, 6) is -2.97. The number of halogens is 2. The Morgan fingerprint density at radius 3 is 2.62 bits per heavy atom. The maximum Gasteiger partial charge on any atom is 0.292 e. The molecule has 0 aliphatic rings. The van der Waals surface area contributed by atoms with Crippen LogP contribution in [0.4, 0.5) is 8.78 Å². The van der Waals surface area contributed by atoms with E-state index in [1.807, 2.05) is 6.92 Å². The van der Waals surface area contributed by atoms with Crippen LogP contribution in [-0.2, 0) is 12.3 Å². The number of pyridine rings is 1. The van der Waals surface area contributed by atoms with E-state index in [9.17, 15) is 8.78 Å². The fourth-order valence-corrected chi connectivity index (χ4v) is 0.949. The zero-order valence-electron chi connectivity index (χ0n) is 7.43. The summed E-state index contributed by atoms with van der Waals surface area (Å²) in [6, 6.07) is 2.99. The summed E-state index contributed by atoms with van der Waals surface area (Å²) < 4.78 is 25.9. The fraction of sp³-hybridized carbons (Fsp3) is 0.300. The minimum atomic E-state index is -2.97. The van der Waals surface area contributed by atoms with Gasteiger partial charge in [-0.3, -0.25) is 4.98 Å². The normalized spacial score (nSPS) is 11.3. The molecule has 0 radical (unpaired) electrons. The van der Waals surface area contributed by atoms with Gasteiger partial charge in [0, 0.05) is 17.5 Å². The summed E-state index contributed by atoms with van der Waals surface area (Å²) in [7, 11) is 0. The standard InChI is InChI=1S/C10H11F2N/c1-3-9-6-5-8(7-13-9)10(11,12)4-2/h4-7H,2-3H2,1H3. The van der Waals surface area contributed by atoms with Crippen molar-refractivity contribution in [1.29, 1.82) is 0 Å². The van der Waals surface area contributed by atoms with E-state index in [4.69, 9.17) is 0 Å². The van der Waals surface area contributed by atoms with Crippen LogP contribution in [0.25, 0.3) is 0 Å². The number of alkyl halides is 2. The Kier molecular flexibility index (Phi) is 2.76. The maximum absolute atomic E-state index is 13.0. The first-order valence-corrected chi connectivity index (χ1v) is 4.07. The predicted molar refractivity (Wildman–Crippen MR) is 47.7 cm³/mol. The topological polar surface area (TPSA) is 12.9 Å². The minimum absolute atomic E-state index is 0.111. The maximum atomic E-state index is 13.0. The average Bonchev–Trinajstić information content (AvgIpc) is 2.18. The quantitative estimate of drug-likeness (QED) is 0.656. The monoisotopic (exact) mass is 183 g/mol. The van der Waals surface area contributed by atoms with Crippen molar-refractivity contribution in [3.05, 3.63) is 42.2 Å². The Morgan fingerprint density at radius 1 is 1.54 bits per heavy atom. The average molecular weight is 183 g/mol. The van der Waals surface area contributed by atoms with Crippen molar-refractivity contribution in [1.82, 2.24) is 4.98 Å². The molecule has 1 rings (SSSR count). The molecule has 0 aromatic carbocycles. The van der Waals surface area contributed by atoms with Gasteiger partial charge in [0.05, 0.1) is 0 Å². The van der Waals surface area contributed by atoms with Gasteiger partial charge in [0.15, 0.2) is 0 Å². The van der Waals surface area contributed by atoms with Gasteiger partial charge < -0.3 is 0 Å². The second-order valence-corrected chi connectivity index (χ2v) is 2.72. The molecule has 1 nitrogen and oxygen atoms in total. The molecule has 0 atom stereocenters. The highest BCUT2D eigenvalue weighted by molar-refractivity contribution is 5.22. The first-order valence-electron chi connectivity index (χ1n) is 4.07. The Bertz CT molecular complexity index is 290. The third kappa shape index (κ3) is 2.11. The molecule has 1 aromatic rings. The lowest BCUT2D eigenvalue weighted by atomic mass is 10.1. The van der Waals surface area contributed by atoms with Crippen molar-refractivity contribution >= 4 is 0 Å². The molecule has 0 unspecified atom stereocenters. The Hall–Kier alpha value is -1.25. The van der Waals surface area contributed by atoms with Crippen LogP contribution in [-0.4, -0.2) is 4.98 Å². The van der Waals surface area contributed by atoms with E-state index in [0.29, 0.717) is 6.08 Å². The molecule has 1 heterocycles. The highest BCUT2D eigenvalue weighted by Crippen LogP contribution is 2.27. The van der Waals surface area contributed by atoms with Crippen LogP contribution in [0.2, 0.25) is 0 Å². The summed E-state index contributed by atoms with van der Waals surface area (Å²) in [6.45, 7) is 5.00. The summed E-state index contributed by atoms with van der Waals surface area (Å²) >= 11 is 0. The van der Waals surface area contributed by atoms with E-state index < -0.39 is 5.92 Å². The summed E-state index contributed by atoms with van der Waals surface area (Å²) in [5, 5.41) is 0. The van der Waals surface area contributed by atoms with Crippen LogP contribution >= 0.6 is 0 Å². The molecular formula is C10H11F2N. The highest BCUT2D eigenvalue weighted by Gasteiger charge is 2.26. The second-order valence-electron chi connectivity index (χ2n) is 2.72. The van der Waals surface area contributed by atoms with Crippen molar-refractivity contribution in [2.75, 3.05) is 0 Å². The van der Waals surface area contributed by atoms with Crippen LogP contribution in [0.15, 0.2) is 31.0 Å². The van der Waals surface area contributed by atoms with Gasteiger partial charge in [-0.1, -0.05) is 13.5 Å². The third-order valence-electron chi connectivity index (χ3n) is 1.83. The van der Waals surface area contributed by atoms with Crippen molar-refractivity contribution < 1.29 is 8.78 Å². The van der Waals surface area contributed by atoms with Gasteiger partial charge in [-0.15, -0.1) is 0 Å². The van der Waals surface area contributed by atoms with Gasteiger partial charge in [0.1, 0.15) is 0 Å². The lowest BCUT2D eigenvalue weighted by molar-refractivity contribution is 0.0521. The minimum Gasteiger partial charge on any atom is -0.261 e. The molecule has 0 saturated heterocycles. The molecule has 0 N–H and O–H groups in total. The number of allylic oxidation sites excluding steroid dienone is 1. The van der Waals surface area contributed by atoms with E-state index in [-0.39, 0.29) is 5.56 Å². The van der Waals surface area contributed by atoms with Crippen molar-refractivity contribution in [3.8, 4) is 0 Å². The van der Waals surface area contributed by atoms with E-state index in [1.165, 1.54) is 12.3 Å². The molecule has 70 valence electrons. The number of hydrogen-bond donors (Lipinski definition) is 0. The SMILES string of the molecule is C=CC(F)(F)c1ccc(CC)nc1. The Labute approximate surface area is 76.1 Å². The first-order chi connectivity index (χ1) is 6.10. The molecule has 1 aromatic heterocycles. The Morgan fingerprint density at radius 2 is 2.23 bits per heavy atom. The van der Waals surface area contributed by atoms with E-state index in [0.717, 1.165) is 12.1 Å². The van der Waals surface area contributed by atoms with Gasteiger partial charge in [-0.25, -0.2) is 0 Å². The smallest absolute Gasteiger partial charge is 0.261 e. The van der Waals surface area contributed by atoms with Gasteiger partial charge >= 0.3 is 0 Å². The third-order valence-corrected chi connectivity index (χ3v) is 1.83. The Balaban J connectivity index is 2.98. The molecule has 0 fully saturated rings. The number of aryl methyl sites for hydroxylation is 1. The van der Waals surface area contributed by atoms with Crippen LogP contribution in [0, 0.1) is 0 Å². The number of rotatable bonds is 3. The van der Waals surface area contributed by atoms with Crippen molar-refractivity contribution in [3.63, 3.8) is 0 Å². The molecule has 0 spiro atoms. The fourth-order valence-electron chi connectivity index (χ4n) is 0.949. The lowest BCUT2D eigenvalue weighted by Crippen LogP contribution is -2.09. The second kappa shape index (κ2) is 3.64. The predicted octanol–water partition coefficient (Wildman–Crippen LogP) is 2.92. The van der Waals surface area contributed by atoms with Crippen LogP contribution in [0.1, 0.15) is 18.2 Å². The molecule has 0 aliphatic heterocycles. The molecule has 0 aliphatic carbocycles. The zero-order chi connectivity index (χ0) is 9.90. The van der Waals surface area contributed by atoms with Gasteiger partial charge in [0.25, 0.3) is 5.92 Å². The molecular weight excluding hydrogens is 172 g/mol. The summed E-state index contributed by atoms with van der Waals surface area (Å²) in [6.07, 6.45) is 2.57. The lowest BCUT2D eigenvalue weighted by Gasteiger charge is -2.10. The van der Waals surface area contributed by atoms with E-state index >= 15 is 0 Å². The molecule has 0 amide bonds. The van der Waals surface area contributed by atoms with Gasteiger partial charge in [-0.2, -0.15) is 8.78 Å². The molecule has 0 bridgehead atoms. The molecule has 3 heteroatoms. The van der Waals surface area contributed by atoms with Crippen LogP contribution < -0.4 is 0 Å². The molecule has 0 saturated carbocycles. The number of aromatic nitrogens is 1. The highest BCUT2D eigenvalue weighted by atomic mass is 19.3. The van der Waals surface area contributed by atoms with Gasteiger partial charge in [0.2, 0.25) is 0 Å². The van der Waals surface area contributed by atoms with Crippen molar-refractivity contribution in [2.45, 2.75) is 19.3 Å². The van der Waals surface area contributed by atoms with Crippen LogP contribution in [0.5, 0.6) is 0 Å². The zero-order valence-corrected chi connectivity index (χ0v) is 7.43. The first kappa shape index (κ1) is 9.84. The number of nitrogens with zero attached hydrogens (tertiary/aromatic N) is 1.